The van der Waals surface area contributed by atoms with Crippen LogP contribution in [0.15, 0.2) is 21.9 Å². The number of hydrogen-bond donors (Lipinski definition) is 1. The summed E-state index contributed by atoms with van der Waals surface area (Å²) in [6.45, 7) is 4.00. The van der Waals surface area contributed by atoms with Crippen LogP contribution in [-0.4, -0.2) is 12.1 Å². The molecular formula is C10H14N2OS. The van der Waals surface area contributed by atoms with E-state index >= 15 is 0 Å². The highest BCUT2D eigenvalue weighted by atomic mass is 32.1. The largest absolute Gasteiger partial charge is 0.273 e. The number of rotatable bonds is 4. The zero-order valence-corrected chi connectivity index (χ0v) is 9.17. The van der Waals surface area contributed by atoms with Crippen molar-refractivity contribution in [3.05, 3.63) is 22.4 Å². The summed E-state index contributed by atoms with van der Waals surface area (Å²) in [5, 5.41) is 7.79. The van der Waals surface area contributed by atoms with Crippen LogP contribution in [0.5, 0.6) is 0 Å². The highest BCUT2D eigenvalue weighted by Gasteiger charge is 2.01. The second-order valence-corrected chi connectivity index (χ2v) is 4.23. The molecule has 14 heavy (non-hydrogen) atoms. The fraction of sp³-hybridized carbons (Fsp3) is 0.400. The second-order valence-electron chi connectivity index (χ2n) is 3.45. The molecule has 1 amide bonds. The quantitative estimate of drug-likeness (QED) is 0.601. The predicted molar refractivity (Wildman–Crippen MR) is 59.5 cm³/mol. The number of thiophene rings is 1. The van der Waals surface area contributed by atoms with E-state index in [0.717, 1.165) is 5.56 Å². The Bertz CT molecular complexity index is 304. The third-order valence-electron chi connectivity index (χ3n) is 1.54. The minimum atomic E-state index is -0.0357. The fourth-order valence-corrected chi connectivity index (χ4v) is 1.55. The topological polar surface area (TPSA) is 41.5 Å². The summed E-state index contributed by atoms with van der Waals surface area (Å²) in [5.41, 5.74) is 3.50. The van der Waals surface area contributed by atoms with Gasteiger partial charge in [0.15, 0.2) is 0 Å². The molecule has 0 atom stereocenters. The Morgan fingerprint density at radius 2 is 2.50 bits per heavy atom. The first-order valence-corrected chi connectivity index (χ1v) is 5.47. The molecule has 0 bridgehead atoms. The summed E-state index contributed by atoms with van der Waals surface area (Å²) in [6.07, 6.45) is 2.16. The molecule has 0 saturated carbocycles. The molecule has 1 aromatic rings. The average molecular weight is 210 g/mol. The Morgan fingerprint density at radius 1 is 1.71 bits per heavy atom. The van der Waals surface area contributed by atoms with Crippen LogP contribution in [0.25, 0.3) is 0 Å². The number of nitrogens with one attached hydrogen (secondary N) is 1. The van der Waals surface area contributed by atoms with E-state index < -0.39 is 0 Å². The molecule has 0 aliphatic heterocycles. The van der Waals surface area contributed by atoms with Gasteiger partial charge in [-0.1, -0.05) is 13.8 Å². The van der Waals surface area contributed by atoms with Gasteiger partial charge < -0.3 is 0 Å². The fourth-order valence-electron chi connectivity index (χ4n) is 0.944. The molecule has 3 nitrogen and oxygen atoms in total. The van der Waals surface area contributed by atoms with E-state index in [1.54, 1.807) is 17.6 Å². The molecule has 0 unspecified atom stereocenters. The van der Waals surface area contributed by atoms with Crippen molar-refractivity contribution in [1.82, 2.24) is 5.43 Å². The van der Waals surface area contributed by atoms with Crippen molar-refractivity contribution in [3.8, 4) is 0 Å². The van der Waals surface area contributed by atoms with Crippen LogP contribution in [0.1, 0.15) is 25.8 Å². The van der Waals surface area contributed by atoms with E-state index in [9.17, 15) is 4.79 Å². The minimum Gasteiger partial charge on any atom is -0.273 e. The molecule has 1 N–H and O–H groups in total. The van der Waals surface area contributed by atoms with Crippen LogP contribution < -0.4 is 5.43 Å². The standard InChI is InChI=1S/C10H14N2OS/c1-8(2)5-10(13)12-11-6-9-3-4-14-7-9/h3-4,6-8H,5H2,1-2H3,(H,12,13). The van der Waals surface area contributed by atoms with E-state index in [0.29, 0.717) is 12.3 Å². The molecule has 0 aromatic carbocycles. The van der Waals surface area contributed by atoms with Crippen LogP contribution in [0.4, 0.5) is 0 Å². The minimum absolute atomic E-state index is 0.0357. The zero-order valence-electron chi connectivity index (χ0n) is 8.36. The number of carbonyl (C=O) groups excluding carboxylic acids is 1. The van der Waals surface area contributed by atoms with E-state index in [1.807, 2.05) is 30.7 Å². The summed E-state index contributed by atoms with van der Waals surface area (Å²) in [7, 11) is 0. The Kier molecular flexibility index (Phi) is 4.32. The van der Waals surface area contributed by atoms with Gasteiger partial charge in [-0.3, -0.25) is 4.79 Å². The predicted octanol–water partition coefficient (Wildman–Crippen LogP) is 2.24. The van der Waals surface area contributed by atoms with Gasteiger partial charge in [0.1, 0.15) is 0 Å². The number of hydrogen-bond acceptors (Lipinski definition) is 3. The summed E-state index contributed by atoms with van der Waals surface area (Å²) in [6, 6.07) is 1.95. The van der Waals surface area contributed by atoms with Crippen molar-refractivity contribution in [1.29, 1.82) is 0 Å². The molecule has 0 radical (unpaired) electrons. The summed E-state index contributed by atoms with van der Waals surface area (Å²) >= 11 is 1.61. The van der Waals surface area contributed by atoms with Gasteiger partial charge in [0.25, 0.3) is 0 Å². The van der Waals surface area contributed by atoms with Gasteiger partial charge in [-0.15, -0.1) is 0 Å². The third-order valence-corrected chi connectivity index (χ3v) is 2.24. The summed E-state index contributed by atoms with van der Waals surface area (Å²) in [5.74, 6) is 0.331. The molecule has 0 aliphatic rings. The maximum absolute atomic E-state index is 11.2. The number of amides is 1. The molecule has 1 aromatic heterocycles. The van der Waals surface area contributed by atoms with Crippen molar-refractivity contribution in [2.45, 2.75) is 20.3 Å². The van der Waals surface area contributed by atoms with Crippen LogP contribution in [0.2, 0.25) is 0 Å². The van der Waals surface area contributed by atoms with Gasteiger partial charge >= 0.3 is 0 Å². The van der Waals surface area contributed by atoms with Crippen molar-refractivity contribution in [2.75, 3.05) is 0 Å². The zero-order chi connectivity index (χ0) is 10.4. The van der Waals surface area contributed by atoms with Gasteiger partial charge in [0, 0.05) is 12.0 Å². The van der Waals surface area contributed by atoms with Crippen LogP contribution in [0, 0.1) is 5.92 Å². The maximum Gasteiger partial charge on any atom is 0.240 e. The first-order valence-electron chi connectivity index (χ1n) is 4.52. The lowest BCUT2D eigenvalue weighted by molar-refractivity contribution is -0.121. The molecule has 0 aliphatic carbocycles. The molecule has 1 heterocycles. The number of carbonyl (C=O) groups is 1. The Labute approximate surface area is 87.8 Å². The lowest BCUT2D eigenvalue weighted by atomic mass is 10.1. The van der Waals surface area contributed by atoms with Gasteiger partial charge in [-0.25, -0.2) is 5.43 Å². The average Bonchev–Trinajstić information content (AvgIpc) is 2.55. The van der Waals surface area contributed by atoms with Crippen molar-refractivity contribution >= 4 is 23.5 Å². The first-order chi connectivity index (χ1) is 6.68. The van der Waals surface area contributed by atoms with E-state index in [1.165, 1.54) is 0 Å². The lowest BCUT2D eigenvalue weighted by Crippen LogP contribution is -2.18. The van der Waals surface area contributed by atoms with E-state index in [-0.39, 0.29) is 5.91 Å². The van der Waals surface area contributed by atoms with Gasteiger partial charge in [0.2, 0.25) is 5.91 Å². The first kappa shape index (κ1) is 10.9. The second kappa shape index (κ2) is 5.54. The molecule has 0 fully saturated rings. The summed E-state index contributed by atoms with van der Waals surface area (Å²) < 4.78 is 0. The SMILES string of the molecule is CC(C)CC(=O)NN=Cc1ccsc1. The Balaban J connectivity index is 2.30. The maximum atomic E-state index is 11.2. The van der Waals surface area contributed by atoms with Crippen molar-refractivity contribution in [3.63, 3.8) is 0 Å². The molecule has 0 spiro atoms. The van der Waals surface area contributed by atoms with Gasteiger partial charge in [-0.05, 0) is 22.7 Å². The van der Waals surface area contributed by atoms with Crippen molar-refractivity contribution < 1.29 is 4.79 Å². The van der Waals surface area contributed by atoms with E-state index in [2.05, 4.69) is 10.5 Å². The van der Waals surface area contributed by atoms with Crippen molar-refractivity contribution in [2.24, 2.45) is 11.0 Å². The molecule has 4 heteroatoms. The molecular weight excluding hydrogens is 196 g/mol. The molecule has 0 saturated heterocycles. The van der Waals surface area contributed by atoms with Crippen LogP contribution in [-0.2, 0) is 4.79 Å². The van der Waals surface area contributed by atoms with E-state index in [4.69, 9.17) is 0 Å². The van der Waals surface area contributed by atoms with Gasteiger partial charge in [-0.2, -0.15) is 16.4 Å². The lowest BCUT2D eigenvalue weighted by Gasteiger charge is -2.01. The Morgan fingerprint density at radius 3 is 3.07 bits per heavy atom. The smallest absolute Gasteiger partial charge is 0.240 e. The highest BCUT2D eigenvalue weighted by molar-refractivity contribution is 7.08. The number of nitrogens with zero attached hydrogens (tertiary/aromatic N) is 1. The van der Waals surface area contributed by atoms with Gasteiger partial charge in [0.05, 0.1) is 6.21 Å². The third kappa shape index (κ3) is 4.18. The molecule has 1 rings (SSSR count). The monoisotopic (exact) mass is 210 g/mol. The Hall–Kier alpha value is -1.16. The summed E-state index contributed by atoms with van der Waals surface area (Å²) in [4.78, 5) is 11.2. The highest BCUT2D eigenvalue weighted by Crippen LogP contribution is 2.02. The van der Waals surface area contributed by atoms with Crippen LogP contribution >= 0.6 is 11.3 Å². The number of hydrazone groups is 1. The normalized spacial score (nSPS) is 11.1. The van der Waals surface area contributed by atoms with Crippen LogP contribution in [0.3, 0.4) is 0 Å². The molecule has 76 valence electrons.